The van der Waals surface area contributed by atoms with Crippen LogP contribution in [0, 0.1) is 0 Å². The Balaban J connectivity index is 1.13. The predicted octanol–water partition coefficient (Wildman–Crippen LogP) is 12.9. The Morgan fingerprint density at radius 2 is 0.638 bits per heavy atom. The molecule has 6 heteroatoms. The molecule has 0 fully saturated rings. The molecule has 0 saturated heterocycles. The predicted molar refractivity (Wildman–Crippen MR) is 239 cm³/mol. The van der Waals surface area contributed by atoms with E-state index in [1.165, 1.54) is 43.6 Å². The summed E-state index contributed by atoms with van der Waals surface area (Å²) in [6.07, 6.45) is 3.78. The van der Waals surface area contributed by atoms with E-state index in [4.69, 9.17) is 9.97 Å². The molecule has 0 N–H and O–H groups in total. The fraction of sp³-hybridized carbons (Fsp3) is 0. The van der Waals surface area contributed by atoms with Crippen LogP contribution in [-0.2, 0) is 0 Å². The van der Waals surface area contributed by atoms with Gasteiger partial charge in [0.15, 0.2) is 0 Å². The van der Waals surface area contributed by atoms with Gasteiger partial charge in [-0.2, -0.15) is 0 Å². The van der Waals surface area contributed by atoms with Gasteiger partial charge in [0, 0.05) is 56.1 Å². The number of benzene rings is 7. The second-order valence-electron chi connectivity index (χ2n) is 15.0. The van der Waals surface area contributed by atoms with E-state index in [9.17, 15) is 0 Å². The third kappa shape index (κ3) is 4.15. The minimum absolute atomic E-state index is 0.980. The number of hydrogen-bond acceptors (Lipinski definition) is 2. The van der Waals surface area contributed by atoms with Crippen molar-refractivity contribution in [2.75, 3.05) is 0 Å². The molecule has 270 valence electrons. The van der Waals surface area contributed by atoms with Gasteiger partial charge in [0.1, 0.15) is 0 Å². The Labute approximate surface area is 331 Å². The third-order valence-electron chi connectivity index (χ3n) is 12.0. The highest BCUT2D eigenvalue weighted by molar-refractivity contribution is 6.22. The monoisotopic (exact) mass is 740 g/mol. The number of rotatable bonds is 4. The number of aromatic nitrogens is 6. The minimum Gasteiger partial charge on any atom is -0.307 e. The second kappa shape index (κ2) is 11.8. The molecule has 13 rings (SSSR count). The largest absolute Gasteiger partial charge is 0.307 e. The van der Waals surface area contributed by atoms with E-state index in [-0.39, 0.29) is 0 Å². The van der Waals surface area contributed by atoms with Crippen molar-refractivity contribution in [3.05, 3.63) is 194 Å². The Bertz CT molecular complexity index is 3550. The van der Waals surface area contributed by atoms with Crippen molar-refractivity contribution in [3.8, 4) is 22.7 Å². The van der Waals surface area contributed by atoms with Crippen molar-refractivity contribution in [2.45, 2.75) is 0 Å². The van der Waals surface area contributed by atoms with Crippen LogP contribution in [0.25, 0.3) is 110 Å². The van der Waals surface area contributed by atoms with E-state index in [2.05, 4.69) is 188 Å². The first kappa shape index (κ1) is 31.3. The van der Waals surface area contributed by atoms with Crippen LogP contribution in [-0.4, -0.2) is 28.2 Å². The number of para-hydroxylation sites is 6. The lowest BCUT2D eigenvalue weighted by Gasteiger charge is -2.13. The van der Waals surface area contributed by atoms with Crippen molar-refractivity contribution in [3.63, 3.8) is 0 Å². The first-order valence-electron chi connectivity index (χ1n) is 19.7. The highest BCUT2D eigenvalue weighted by Gasteiger charge is 2.25. The fourth-order valence-electron chi connectivity index (χ4n) is 9.72. The summed E-state index contributed by atoms with van der Waals surface area (Å²) >= 11 is 0. The second-order valence-corrected chi connectivity index (χ2v) is 15.0. The molecule has 6 aromatic heterocycles. The molecule has 6 nitrogen and oxygen atoms in total. The topological polar surface area (TPSA) is 45.5 Å². The molecular weight excluding hydrogens is 709 g/mol. The molecule has 0 amide bonds. The minimum atomic E-state index is 0.980. The molecule has 0 unspecified atom stereocenters. The van der Waals surface area contributed by atoms with Crippen LogP contribution in [0.4, 0.5) is 0 Å². The summed E-state index contributed by atoms with van der Waals surface area (Å²) < 4.78 is 9.75. The average molecular weight is 741 g/mol. The maximum Gasteiger partial charge on any atom is 0.0942 e. The van der Waals surface area contributed by atoms with Gasteiger partial charge in [-0.05, 0) is 66.7 Å². The van der Waals surface area contributed by atoms with E-state index in [1.807, 2.05) is 24.5 Å². The third-order valence-corrected chi connectivity index (χ3v) is 12.0. The normalized spacial score (nSPS) is 12.1. The molecule has 0 radical (unpaired) electrons. The van der Waals surface area contributed by atoms with Gasteiger partial charge < -0.3 is 18.3 Å². The number of fused-ring (bicyclic) bond motifs is 12. The van der Waals surface area contributed by atoms with Crippen LogP contribution >= 0.6 is 0 Å². The van der Waals surface area contributed by atoms with Crippen LogP contribution in [0.5, 0.6) is 0 Å². The van der Waals surface area contributed by atoms with Gasteiger partial charge in [-0.1, -0.05) is 115 Å². The Kier molecular flexibility index (Phi) is 6.35. The lowest BCUT2D eigenvalue weighted by molar-refractivity contribution is 1.14. The quantitative estimate of drug-likeness (QED) is 0.180. The molecule has 58 heavy (non-hydrogen) atoms. The number of pyridine rings is 2. The van der Waals surface area contributed by atoms with Crippen molar-refractivity contribution < 1.29 is 0 Å². The van der Waals surface area contributed by atoms with E-state index < -0.39 is 0 Å². The molecule has 0 bridgehead atoms. The summed E-state index contributed by atoms with van der Waals surface area (Å²) in [5.74, 6) is 0. The fourth-order valence-corrected chi connectivity index (χ4v) is 9.72. The van der Waals surface area contributed by atoms with Gasteiger partial charge >= 0.3 is 0 Å². The highest BCUT2D eigenvalue weighted by atomic mass is 15.1. The standard InChI is InChI=1S/C52H32N6/c1-5-24-41-37(20-1)51-49(39-22-3-7-26-43(39)57(51)45-28-9-14-33-16-12-30-53-47(33)45)55(41)35-18-11-19-36(32-35)56-42-25-6-2-21-38(42)52-50(56)40-23-4-8-27-44(40)58(52)46-29-10-15-34-17-13-31-54-48(34)46/h1-32H. The number of hydrogen-bond donors (Lipinski definition) is 0. The van der Waals surface area contributed by atoms with Gasteiger partial charge in [0.25, 0.3) is 0 Å². The lowest BCUT2D eigenvalue weighted by Crippen LogP contribution is -1.98. The smallest absolute Gasteiger partial charge is 0.0942 e. The van der Waals surface area contributed by atoms with E-state index >= 15 is 0 Å². The zero-order valence-corrected chi connectivity index (χ0v) is 31.2. The van der Waals surface area contributed by atoms with Crippen LogP contribution in [0.2, 0.25) is 0 Å². The summed E-state index contributed by atoms with van der Waals surface area (Å²) in [6.45, 7) is 0. The molecule has 0 aliphatic carbocycles. The van der Waals surface area contributed by atoms with Crippen LogP contribution in [0.3, 0.4) is 0 Å². The summed E-state index contributed by atoms with van der Waals surface area (Å²) in [6, 6.07) is 65.4. The summed E-state index contributed by atoms with van der Waals surface area (Å²) in [4.78, 5) is 9.81. The van der Waals surface area contributed by atoms with Crippen molar-refractivity contribution in [1.29, 1.82) is 0 Å². The summed E-state index contributed by atoms with van der Waals surface area (Å²) in [5.41, 5.74) is 15.6. The molecule has 0 aliphatic heterocycles. The first-order chi connectivity index (χ1) is 28.8. The van der Waals surface area contributed by atoms with Crippen molar-refractivity contribution in [1.82, 2.24) is 28.2 Å². The number of nitrogens with zero attached hydrogens (tertiary/aromatic N) is 6. The molecule has 7 aromatic carbocycles. The zero-order valence-electron chi connectivity index (χ0n) is 31.2. The van der Waals surface area contributed by atoms with Crippen LogP contribution in [0.1, 0.15) is 0 Å². The lowest BCUT2D eigenvalue weighted by atomic mass is 10.1. The molecule has 0 aliphatic rings. The molecule has 13 aromatic rings. The van der Waals surface area contributed by atoms with Gasteiger partial charge in [0.05, 0.1) is 66.5 Å². The maximum atomic E-state index is 4.91. The molecule has 0 atom stereocenters. The van der Waals surface area contributed by atoms with Gasteiger partial charge in [0.2, 0.25) is 0 Å². The van der Waals surface area contributed by atoms with Crippen molar-refractivity contribution >= 4 is 87.5 Å². The zero-order chi connectivity index (χ0) is 37.9. The van der Waals surface area contributed by atoms with Crippen LogP contribution in [0.15, 0.2) is 194 Å². The Morgan fingerprint density at radius 3 is 1.07 bits per heavy atom. The van der Waals surface area contributed by atoms with Gasteiger partial charge in [-0.3, -0.25) is 9.97 Å². The Morgan fingerprint density at radius 1 is 0.293 bits per heavy atom. The highest BCUT2D eigenvalue weighted by Crippen LogP contribution is 2.44. The SMILES string of the molecule is c1cc(-n2c3ccccc3c3c2c2ccccc2n3-c2cccc3cccnc23)cc(-n2c3ccccc3c3c2c2ccccc2n3-c2cccc3cccnc23)c1. The van der Waals surface area contributed by atoms with E-state index in [0.29, 0.717) is 0 Å². The maximum absolute atomic E-state index is 4.91. The summed E-state index contributed by atoms with van der Waals surface area (Å²) in [7, 11) is 0. The molecule has 0 spiro atoms. The first-order valence-corrected chi connectivity index (χ1v) is 19.7. The average Bonchev–Trinajstić information content (AvgIpc) is 4.01. The van der Waals surface area contributed by atoms with Crippen molar-refractivity contribution in [2.24, 2.45) is 0 Å². The van der Waals surface area contributed by atoms with Gasteiger partial charge in [-0.15, -0.1) is 0 Å². The Hall–Kier alpha value is -7.96. The summed E-state index contributed by atoms with van der Waals surface area (Å²) in [5, 5.41) is 6.98. The molecule has 6 heterocycles. The molecular formula is C52H32N6. The van der Waals surface area contributed by atoms with E-state index in [0.717, 1.165) is 66.6 Å². The van der Waals surface area contributed by atoms with Crippen LogP contribution < -0.4 is 0 Å². The van der Waals surface area contributed by atoms with E-state index in [1.54, 1.807) is 0 Å². The van der Waals surface area contributed by atoms with Gasteiger partial charge in [-0.25, -0.2) is 0 Å². The molecule has 0 saturated carbocycles.